The summed E-state index contributed by atoms with van der Waals surface area (Å²) >= 11 is 1.48. The SMILES string of the molecule is O=C(Cc1cccs1)NNC(=O)c1nc(-c2ccccc2)n(-c2ccccc2)n1. The molecule has 0 aliphatic carbocycles. The van der Waals surface area contributed by atoms with Crippen molar-refractivity contribution in [2.45, 2.75) is 6.42 Å². The van der Waals surface area contributed by atoms with Crippen LogP contribution in [-0.2, 0) is 11.2 Å². The van der Waals surface area contributed by atoms with E-state index in [9.17, 15) is 9.59 Å². The van der Waals surface area contributed by atoms with Gasteiger partial charge in [-0.2, -0.15) is 0 Å². The highest BCUT2D eigenvalue weighted by Gasteiger charge is 2.19. The van der Waals surface area contributed by atoms with E-state index in [0.29, 0.717) is 5.82 Å². The standard InChI is InChI=1S/C21H17N5O2S/c27-18(14-17-12-7-13-29-17)23-24-21(28)19-22-20(15-8-3-1-4-9-15)26(25-19)16-10-5-2-6-11-16/h1-13H,14H2,(H,23,27)(H,24,28). The van der Waals surface area contributed by atoms with E-state index in [1.807, 2.05) is 78.2 Å². The Morgan fingerprint density at radius 2 is 1.62 bits per heavy atom. The van der Waals surface area contributed by atoms with Crippen LogP contribution in [0, 0.1) is 0 Å². The van der Waals surface area contributed by atoms with Gasteiger partial charge in [-0.3, -0.25) is 20.4 Å². The van der Waals surface area contributed by atoms with Crippen LogP contribution in [0.3, 0.4) is 0 Å². The second-order valence-electron chi connectivity index (χ2n) is 6.13. The minimum atomic E-state index is -0.587. The Bertz CT molecular complexity index is 1050. The molecule has 2 aromatic carbocycles. The summed E-state index contributed by atoms with van der Waals surface area (Å²) in [7, 11) is 0. The molecular weight excluding hydrogens is 386 g/mol. The van der Waals surface area contributed by atoms with Crippen LogP contribution in [0.1, 0.15) is 15.5 Å². The van der Waals surface area contributed by atoms with Crippen molar-refractivity contribution in [1.82, 2.24) is 25.6 Å². The molecule has 0 aliphatic heterocycles. The van der Waals surface area contributed by atoms with Crippen molar-refractivity contribution < 1.29 is 9.59 Å². The molecule has 0 fully saturated rings. The summed E-state index contributed by atoms with van der Waals surface area (Å²) < 4.78 is 1.61. The molecule has 0 atom stereocenters. The van der Waals surface area contributed by atoms with Gasteiger partial charge in [0.25, 0.3) is 0 Å². The zero-order chi connectivity index (χ0) is 20.1. The summed E-state index contributed by atoms with van der Waals surface area (Å²) in [5.41, 5.74) is 6.39. The molecule has 2 amide bonds. The fraction of sp³-hybridized carbons (Fsp3) is 0.0476. The summed E-state index contributed by atoms with van der Waals surface area (Å²) in [6, 6.07) is 22.7. The maximum Gasteiger partial charge on any atom is 0.309 e. The monoisotopic (exact) mass is 403 g/mol. The van der Waals surface area contributed by atoms with Crippen molar-refractivity contribution in [3.63, 3.8) is 0 Å². The average molecular weight is 403 g/mol. The van der Waals surface area contributed by atoms with Gasteiger partial charge in [0.1, 0.15) is 0 Å². The van der Waals surface area contributed by atoms with Gasteiger partial charge in [-0.1, -0.05) is 54.6 Å². The third-order valence-electron chi connectivity index (χ3n) is 4.07. The highest BCUT2D eigenvalue weighted by Crippen LogP contribution is 2.20. The van der Waals surface area contributed by atoms with Crippen LogP contribution >= 0.6 is 11.3 Å². The maximum atomic E-state index is 12.5. The lowest BCUT2D eigenvalue weighted by Crippen LogP contribution is -2.42. The number of hydrazine groups is 1. The molecule has 2 heterocycles. The molecule has 144 valence electrons. The van der Waals surface area contributed by atoms with Crippen molar-refractivity contribution in [2.24, 2.45) is 0 Å². The van der Waals surface area contributed by atoms with Gasteiger partial charge in [0.05, 0.1) is 12.1 Å². The van der Waals surface area contributed by atoms with Crippen LogP contribution in [0.15, 0.2) is 78.2 Å². The zero-order valence-electron chi connectivity index (χ0n) is 15.3. The van der Waals surface area contributed by atoms with E-state index in [1.54, 1.807) is 4.68 Å². The van der Waals surface area contributed by atoms with Crippen molar-refractivity contribution >= 4 is 23.2 Å². The molecule has 29 heavy (non-hydrogen) atoms. The highest BCUT2D eigenvalue weighted by atomic mass is 32.1. The number of aromatic nitrogens is 3. The molecule has 0 unspecified atom stereocenters. The molecule has 0 radical (unpaired) electrons. The Balaban J connectivity index is 1.55. The molecule has 0 aliphatic rings. The number of nitrogens with zero attached hydrogens (tertiary/aromatic N) is 3. The first kappa shape index (κ1) is 18.6. The third-order valence-corrected chi connectivity index (χ3v) is 4.95. The molecule has 8 heteroatoms. The van der Waals surface area contributed by atoms with Crippen LogP contribution in [0.5, 0.6) is 0 Å². The number of rotatable bonds is 5. The number of nitrogens with one attached hydrogen (secondary N) is 2. The second-order valence-corrected chi connectivity index (χ2v) is 7.16. The van der Waals surface area contributed by atoms with E-state index in [-0.39, 0.29) is 18.2 Å². The van der Waals surface area contributed by atoms with Gasteiger partial charge in [-0.15, -0.1) is 16.4 Å². The molecule has 0 saturated carbocycles. The van der Waals surface area contributed by atoms with Gasteiger partial charge >= 0.3 is 5.91 Å². The van der Waals surface area contributed by atoms with E-state index in [1.165, 1.54) is 11.3 Å². The van der Waals surface area contributed by atoms with Gasteiger partial charge in [0, 0.05) is 10.4 Å². The molecule has 0 bridgehead atoms. The van der Waals surface area contributed by atoms with E-state index in [0.717, 1.165) is 16.1 Å². The maximum absolute atomic E-state index is 12.5. The van der Waals surface area contributed by atoms with Crippen molar-refractivity contribution in [1.29, 1.82) is 0 Å². The molecule has 2 N–H and O–H groups in total. The van der Waals surface area contributed by atoms with E-state index < -0.39 is 5.91 Å². The first-order chi connectivity index (χ1) is 14.2. The number of benzene rings is 2. The first-order valence-corrected chi connectivity index (χ1v) is 9.78. The molecule has 0 spiro atoms. The van der Waals surface area contributed by atoms with Crippen LogP contribution in [0.25, 0.3) is 17.1 Å². The molecule has 7 nitrogen and oxygen atoms in total. The smallest absolute Gasteiger partial charge is 0.273 e. The van der Waals surface area contributed by atoms with Crippen LogP contribution in [0.4, 0.5) is 0 Å². The Morgan fingerprint density at radius 1 is 0.897 bits per heavy atom. The predicted octanol–water partition coefficient (Wildman–Crippen LogP) is 3.00. The Kier molecular flexibility index (Phi) is 5.44. The predicted molar refractivity (Wildman–Crippen MR) is 110 cm³/mol. The summed E-state index contributed by atoms with van der Waals surface area (Å²) in [5.74, 6) is -0.404. The third kappa shape index (κ3) is 4.39. The largest absolute Gasteiger partial charge is 0.309 e. The topological polar surface area (TPSA) is 88.9 Å². The number of thiophene rings is 1. The summed E-state index contributed by atoms with van der Waals surface area (Å²) in [4.78, 5) is 29.8. The Labute approximate surface area is 171 Å². The summed E-state index contributed by atoms with van der Waals surface area (Å²) in [6.07, 6.45) is 0.194. The number of hydrogen-bond donors (Lipinski definition) is 2. The van der Waals surface area contributed by atoms with Crippen molar-refractivity contribution in [3.8, 4) is 17.1 Å². The average Bonchev–Trinajstić information content (AvgIpc) is 3.43. The number of carbonyl (C=O) groups is 2. The molecule has 0 saturated heterocycles. The minimum absolute atomic E-state index is 0.0378. The van der Waals surface area contributed by atoms with Crippen LogP contribution < -0.4 is 10.9 Å². The zero-order valence-corrected chi connectivity index (χ0v) is 16.1. The molecule has 4 aromatic rings. The fourth-order valence-corrected chi connectivity index (χ4v) is 3.43. The lowest BCUT2D eigenvalue weighted by molar-refractivity contribution is -0.121. The number of amides is 2. The van der Waals surface area contributed by atoms with Gasteiger partial charge in [-0.05, 0) is 23.6 Å². The number of carbonyl (C=O) groups excluding carboxylic acids is 2. The Hall–Kier alpha value is -3.78. The fourth-order valence-electron chi connectivity index (χ4n) is 2.73. The van der Waals surface area contributed by atoms with Crippen molar-refractivity contribution in [2.75, 3.05) is 0 Å². The lowest BCUT2D eigenvalue weighted by atomic mass is 10.2. The minimum Gasteiger partial charge on any atom is -0.273 e. The van der Waals surface area contributed by atoms with E-state index >= 15 is 0 Å². The first-order valence-electron chi connectivity index (χ1n) is 8.90. The number of para-hydroxylation sites is 1. The normalized spacial score (nSPS) is 10.5. The van der Waals surface area contributed by atoms with E-state index in [4.69, 9.17) is 0 Å². The molecule has 4 rings (SSSR count). The lowest BCUT2D eigenvalue weighted by Gasteiger charge is -2.05. The Morgan fingerprint density at radius 3 is 2.31 bits per heavy atom. The highest BCUT2D eigenvalue weighted by molar-refractivity contribution is 7.10. The second kappa shape index (κ2) is 8.49. The van der Waals surface area contributed by atoms with Crippen LogP contribution in [0.2, 0.25) is 0 Å². The number of hydrogen-bond acceptors (Lipinski definition) is 5. The quantitative estimate of drug-likeness (QED) is 0.502. The van der Waals surface area contributed by atoms with Crippen molar-refractivity contribution in [3.05, 3.63) is 88.9 Å². The van der Waals surface area contributed by atoms with Gasteiger partial charge in [0.2, 0.25) is 11.7 Å². The van der Waals surface area contributed by atoms with Gasteiger partial charge in [-0.25, -0.2) is 9.67 Å². The van der Waals surface area contributed by atoms with Crippen LogP contribution in [-0.4, -0.2) is 26.6 Å². The van der Waals surface area contributed by atoms with Gasteiger partial charge in [0.15, 0.2) is 5.82 Å². The molecule has 2 aromatic heterocycles. The summed E-state index contributed by atoms with van der Waals surface area (Å²) in [5, 5.41) is 6.25. The molecular formula is C21H17N5O2S. The summed E-state index contributed by atoms with van der Waals surface area (Å²) in [6.45, 7) is 0. The van der Waals surface area contributed by atoms with E-state index in [2.05, 4.69) is 20.9 Å². The van der Waals surface area contributed by atoms with Gasteiger partial charge < -0.3 is 0 Å².